The molecule has 7 heteroatoms. The van der Waals surface area contributed by atoms with Crippen molar-refractivity contribution in [3.63, 3.8) is 0 Å². The van der Waals surface area contributed by atoms with E-state index in [-0.39, 0.29) is 17.4 Å². The van der Waals surface area contributed by atoms with E-state index >= 15 is 0 Å². The molecule has 1 N–H and O–H groups in total. The number of aromatic nitrogens is 1. The van der Waals surface area contributed by atoms with Crippen molar-refractivity contribution in [2.75, 3.05) is 18.4 Å². The predicted molar refractivity (Wildman–Crippen MR) is 100 cm³/mol. The summed E-state index contributed by atoms with van der Waals surface area (Å²) >= 11 is 5.91. The molecular formula is C19H21ClFN3O2. The molecule has 0 aliphatic carbocycles. The first kappa shape index (κ1) is 18.5. The molecule has 0 spiro atoms. The smallest absolute Gasteiger partial charge is 0.321 e. The second-order valence-corrected chi connectivity index (χ2v) is 7.15. The average molecular weight is 378 g/mol. The third kappa shape index (κ3) is 4.64. The first-order valence-electron chi connectivity index (χ1n) is 8.58. The number of anilines is 1. The van der Waals surface area contributed by atoms with Crippen molar-refractivity contribution in [3.05, 3.63) is 63.3 Å². The molecule has 2 heterocycles. The highest BCUT2D eigenvalue weighted by Crippen LogP contribution is 2.24. The van der Waals surface area contributed by atoms with Gasteiger partial charge in [0.25, 0.3) is 0 Å². The van der Waals surface area contributed by atoms with Gasteiger partial charge in [0.15, 0.2) is 0 Å². The van der Waals surface area contributed by atoms with Gasteiger partial charge in [-0.25, -0.2) is 9.18 Å². The van der Waals surface area contributed by atoms with Gasteiger partial charge in [0.1, 0.15) is 5.82 Å². The van der Waals surface area contributed by atoms with Crippen LogP contribution in [-0.4, -0.2) is 28.6 Å². The number of nitrogens with zero attached hydrogens (tertiary/aromatic N) is 2. The first-order valence-corrected chi connectivity index (χ1v) is 8.96. The summed E-state index contributed by atoms with van der Waals surface area (Å²) in [6.45, 7) is 1.29. The summed E-state index contributed by atoms with van der Waals surface area (Å²) < 4.78 is 14.9. The molecule has 0 unspecified atom stereocenters. The molecule has 3 rings (SSSR count). The van der Waals surface area contributed by atoms with Crippen LogP contribution in [0.2, 0.25) is 5.02 Å². The summed E-state index contributed by atoms with van der Waals surface area (Å²) in [5.41, 5.74) is 1.36. The Kier molecular flexibility index (Phi) is 5.61. The number of likely N-dealkylation sites (tertiary alicyclic amines) is 1. The Balaban J connectivity index is 1.53. The van der Waals surface area contributed by atoms with Crippen molar-refractivity contribution in [2.24, 2.45) is 13.0 Å². The zero-order valence-corrected chi connectivity index (χ0v) is 15.3. The standard InChI is InChI=1S/C19H21ClFN3O2/c1-23-12-17(2-3-18(23)25)22-19(26)24-6-4-13(5-7-24)8-14-9-15(20)11-16(21)10-14/h2-3,9-13H,4-8H2,1H3,(H,22,26). The van der Waals surface area contributed by atoms with E-state index in [2.05, 4.69) is 5.32 Å². The molecule has 2 aromatic rings. The number of nitrogens with one attached hydrogen (secondary N) is 1. The normalized spacial score (nSPS) is 15.1. The number of carbonyl (C=O) groups excluding carboxylic acids is 1. The van der Waals surface area contributed by atoms with Gasteiger partial charge in [-0.05, 0) is 55.0 Å². The van der Waals surface area contributed by atoms with Crippen LogP contribution >= 0.6 is 11.6 Å². The maximum absolute atomic E-state index is 13.4. The maximum Gasteiger partial charge on any atom is 0.321 e. The molecule has 1 aromatic heterocycles. The highest BCUT2D eigenvalue weighted by molar-refractivity contribution is 6.30. The third-order valence-corrected chi connectivity index (χ3v) is 4.90. The topological polar surface area (TPSA) is 54.3 Å². The van der Waals surface area contributed by atoms with Crippen molar-refractivity contribution in [3.8, 4) is 0 Å². The molecular weight excluding hydrogens is 357 g/mol. The Morgan fingerprint density at radius 1 is 1.27 bits per heavy atom. The quantitative estimate of drug-likeness (QED) is 0.887. The van der Waals surface area contributed by atoms with E-state index in [1.54, 1.807) is 30.3 Å². The second-order valence-electron chi connectivity index (χ2n) is 6.71. The molecule has 0 saturated carbocycles. The number of amides is 2. The van der Waals surface area contributed by atoms with E-state index in [4.69, 9.17) is 11.6 Å². The van der Waals surface area contributed by atoms with Crippen molar-refractivity contribution >= 4 is 23.3 Å². The molecule has 1 fully saturated rings. The molecule has 2 amide bonds. The summed E-state index contributed by atoms with van der Waals surface area (Å²) in [6.07, 6.45) is 4.07. The number of pyridine rings is 1. The lowest BCUT2D eigenvalue weighted by molar-refractivity contribution is 0.182. The fourth-order valence-corrected chi connectivity index (χ4v) is 3.52. The van der Waals surface area contributed by atoms with E-state index < -0.39 is 0 Å². The Morgan fingerprint density at radius 3 is 2.65 bits per heavy atom. The summed E-state index contributed by atoms with van der Waals surface area (Å²) in [7, 11) is 1.64. The largest absolute Gasteiger partial charge is 0.325 e. The highest BCUT2D eigenvalue weighted by Gasteiger charge is 2.23. The molecule has 0 radical (unpaired) electrons. The van der Waals surface area contributed by atoms with Gasteiger partial charge in [-0.1, -0.05) is 11.6 Å². The van der Waals surface area contributed by atoms with Gasteiger partial charge in [0.2, 0.25) is 5.56 Å². The number of piperidine rings is 1. The number of carbonyl (C=O) groups is 1. The van der Waals surface area contributed by atoms with Crippen LogP contribution in [0.4, 0.5) is 14.9 Å². The molecule has 1 aliphatic heterocycles. The lowest BCUT2D eigenvalue weighted by Gasteiger charge is -2.32. The maximum atomic E-state index is 13.4. The van der Waals surface area contributed by atoms with Crippen molar-refractivity contribution in [1.82, 2.24) is 9.47 Å². The number of aryl methyl sites for hydroxylation is 1. The predicted octanol–water partition coefficient (Wildman–Crippen LogP) is 3.66. The van der Waals surface area contributed by atoms with Gasteiger partial charge in [0.05, 0.1) is 5.69 Å². The third-order valence-electron chi connectivity index (χ3n) is 4.69. The second kappa shape index (κ2) is 7.91. The molecule has 1 aromatic carbocycles. The summed E-state index contributed by atoms with van der Waals surface area (Å²) in [5.74, 6) is 0.0797. The fourth-order valence-electron chi connectivity index (χ4n) is 3.27. The lowest BCUT2D eigenvalue weighted by Crippen LogP contribution is -2.41. The molecule has 0 atom stereocenters. The van der Waals surface area contributed by atoms with Gasteiger partial charge in [0, 0.05) is 37.4 Å². The molecule has 138 valence electrons. The zero-order valence-electron chi connectivity index (χ0n) is 14.5. The molecule has 26 heavy (non-hydrogen) atoms. The average Bonchev–Trinajstić information content (AvgIpc) is 2.58. The van der Waals surface area contributed by atoms with E-state index in [9.17, 15) is 14.0 Å². The molecule has 1 aliphatic rings. The van der Waals surface area contributed by atoms with Crippen LogP contribution in [0.1, 0.15) is 18.4 Å². The first-order chi connectivity index (χ1) is 12.4. The van der Waals surface area contributed by atoms with Crippen LogP contribution < -0.4 is 10.9 Å². The summed E-state index contributed by atoms with van der Waals surface area (Å²) in [6, 6.07) is 7.47. The van der Waals surface area contributed by atoms with Gasteiger partial charge < -0.3 is 14.8 Å². The number of rotatable bonds is 3. The van der Waals surface area contributed by atoms with E-state index in [0.717, 1.165) is 24.8 Å². The minimum absolute atomic E-state index is 0.124. The lowest BCUT2D eigenvalue weighted by atomic mass is 9.90. The molecule has 0 bridgehead atoms. The van der Waals surface area contributed by atoms with Crippen LogP contribution in [0.25, 0.3) is 0 Å². The van der Waals surface area contributed by atoms with E-state index in [0.29, 0.717) is 29.7 Å². The highest BCUT2D eigenvalue weighted by atomic mass is 35.5. The van der Waals surface area contributed by atoms with E-state index in [1.165, 1.54) is 22.8 Å². The number of urea groups is 1. The van der Waals surface area contributed by atoms with Gasteiger partial charge >= 0.3 is 6.03 Å². The fraction of sp³-hybridized carbons (Fsp3) is 0.368. The monoisotopic (exact) mass is 377 g/mol. The van der Waals surface area contributed by atoms with Crippen molar-refractivity contribution < 1.29 is 9.18 Å². The minimum atomic E-state index is -0.318. The summed E-state index contributed by atoms with van der Waals surface area (Å²) in [5, 5.41) is 3.23. The Labute approximate surface area is 156 Å². The van der Waals surface area contributed by atoms with Gasteiger partial charge in [-0.15, -0.1) is 0 Å². The van der Waals surface area contributed by atoms with Crippen LogP contribution in [0.3, 0.4) is 0 Å². The number of hydrogen-bond donors (Lipinski definition) is 1. The van der Waals surface area contributed by atoms with Crippen LogP contribution in [0.5, 0.6) is 0 Å². The SMILES string of the molecule is Cn1cc(NC(=O)N2CCC(Cc3cc(F)cc(Cl)c3)CC2)ccc1=O. The van der Waals surface area contributed by atoms with Crippen LogP contribution in [0, 0.1) is 11.7 Å². The molecule has 1 saturated heterocycles. The van der Waals surface area contributed by atoms with Crippen molar-refractivity contribution in [1.29, 1.82) is 0 Å². The summed E-state index contributed by atoms with van der Waals surface area (Å²) in [4.78, 5) is 25.5. The van der Waals surface area contributed by atoms with Crippen LogP contribution in [0.15, 0.2) is 41.3 Å². The van der Waals surface area contributed by atoms with Crippen LogP contribution in [-0.2, 0) is 13.5 Å². The minimum Gasteiger partial charge on any atom is -0.325 e. The van der Waals surface area contributed by atoms with E-state index in [1.807, 2.05) is 0 Å². The number of benzene rings is 1. The Hall–Kier alpha value is -2.34. The van der Waals surface area contributed by atoms with Crippen molar-refractivity contribution in [2.45, 2.75) is 19.3 Å². The number of hydrogen-bond acceptors (Lipinski definition) is 2. The Bertz CT molecular complexity index is 840. The van der Waals surface area contributed by atoms with Gasteiger partial charge in [-0.2, -0.15) is 0 Å². The van der Waals surface area contributed by atoms with Gasteiger partial charge in [-0.3, -0.25) is 4.79 Å². The Morgan fingerprint density at radius 2 is 2.00 bits per heavy atom. The zero-order chi connectivity index (χ0) is 18.7. The molecule has 5 nitrogen and oxygen atoms in total. The number of halogens is 2.